The van der Waals surface area contributed by atoms with Gasteiger partial charge in [-0.3, -0.25) is 0 Å². The quantitative estimate of drug-likeness (QED) is 0.645. The first kappa shape index (κ1) is 19.2. The SMILES string of the molecule is COC(=O)c1ccc(Nc2nccc(-c3ccc(OC(F)(F)F)cc3)n2)cc1. The van der Waals surface area contributed by atoms with Crippen LogP contribution in [0.15, 0.2) is 60.8 Å². The number of halogens is 3. The lowest BCUT2D eigenvalue weighted by atomic mass is 10.1. The summed E-state index contributed by atoms with van der Waals surface area (Å²) in [6.07, 6.45) is -3.22. The zero-order chi connectivity index (χ0) is 20.1. The Bertz CT molecular complexity index is 959. The van der Waals surface area contributed by atoms with Crippen molar-refractivity contribution in [3.05, 3.63) is 66.4 Å². The monoisotopic (exact) mass is 389 g/mol. The Morgan fingerprint density at radius 3 is 2.29 bits per heavy atom. The van der Waals surface area contributed by atoms with Gasteiger partial charge in [-0.2, -0.15) is 0 Å². The summed E-state index contributed by atoms with van der Waals surface area (Å²) in [4.78, 5) is 19.9. The van der Waals surface area contributed by atoms with Crippen LogP contribution in [0.1, 0.15) is 10.4 Å². The van der Waals surface area contributed by atoms with E-state index in [9.17, 15) is 18.0 Å². The van der Waals surface area contributed by atoms with Crippen LogP contribution in [0, 0.1) is 0 Å². The van der Waals surface area contributed by atoms with Crippen LogP contribution < -0.4 is 10.1 Å². The third kappa shape index (κ3) is 4.97. The minimum absolute atomic E-state index is 0.291. The van der Waals surface area contributed by atoms with Crippen molar-refractivity contribution in [2.75, 3.05) is 12.4 Å². The number of carbonyl (C=O) groups excluding carboxylic acids is 1. The molecule has 3 rings (SSSR count). The zero-order valence-electron chi connectivity index (χ0n) is 14.5. The second-order valence-electron chi connectivity index (χ2n) is 5.53. The van der Waals surface area contributed by atoms with Crippen LogP contribution in [-0.4, -0.2) is 29.4 Å². The fourth-order valence-corrected chi connectivity index (χ4v) is 2.34. The van der Waals surface area contributed by atoms with Crippen LogP contribution >= 0.6 is 0 Å². The van der Waals surface area contributed by atoms with Crippen molar-refractivity contribution in [1.82, 2.24) is 9.97 Å². The molecule has 0 bridgehead atoms. The van der Waals surface area contributed by atoms with Crippen molar-refractivity contribution in [3.8, 4) is 17.0 Å². The molecular formula is C19H14F3N3O3. The second kappa shape index (κ2) is 7.95. The highest BCUT2D eigenvalue weighted by molar-refractivity contribution is 5.89. The zero-order valence-corrected chi connectivity index (χ0v) is 14.5. The molecule has 0 fully saturated rings. The Kier molecular flexibility index (Phi) is 5.44. The molecule has 3 aromatic rings. The number of nitrogens with zero attached hydrogens (tertiary/aromatic N) is 2. The van der Waals surface area contributed by atoms with E-state index in [0.29, 0.717) is 28.5 Å². The average Bonchev–Trinajstić information content (AvgIpc) is 2.67. The standard InChI is InChI=1S/C19H14F3N3O3/c1-27-17(26)13-2-6-14(7-3-13)24-18-23-11-10-16(25-18)12-4-8-15(9-5-12)28-19(20,21)22/h2-11H,1H3,(H,23,24,25). The minimum atomic E-state index is -4.74. The van der Waals surface area contributed by atoms with E-state index in [1.807, 2.05) is 0 Å². The number of methoxy groups -OCH3 is 1. The molecule has 0 unspecified atom stereocenters. The van der Waals surface area contributed by atoms with Gasteiger partial charge in [-0.1, -0.05) is 0 Å². The molecule has 6 nitrogen and oxygen atoms in total. The summed E-state index contributed by atoms with van der Waals surface area (Å²) in [5.74, 6) is -0.462. The van der Waals surface area contributed by atoms with Gasteiger partial charge in [0, 0.05) is 17.4 Å². The third-order valence-electron chi connectivity index (χ3n) is 3.60. The Labute approximate surface area is 158 Å². The van der Waals surface area contributed by atoms with Crippen molar-refractivity contribution in [2.45, 2.75) is 6.36 Å². The average molecular weight is 389 g/mol. The first-order valence-corrected chi connectivity index (χ1v) is 7.99. The maximum atomic E-state index is 12.2. The maximum absolute atomic E-state index is 12.2. The predicted octanol–water partition coefficient (Wildman–Crippen LogP) is 4.57. The Hall–Kier alpha value is -3.62. The van der Waals surface area contributed by atoms with Crippen LogP contribution in [0.3, 0.4) is 0 Å². The third-order valence-corrected chi connectivity index (χ3v) is 3.60. The Morgan fingerprint density at radius 2 is 1.68 bits per heavy atom. The van der Waals surface area contributed by atoms with E-state index in [0.717, 1.165) is 0 Å². The van der Waals surface area contributed by atoms with Gasteiger partial charge in [-0.15, -0.1) is 13.2 Å². The predicted molar refractivity (Wildman–Crippen MR) is 95.2 cm³/mol. The summed E-state index contributed by atoms with van der Waals surface area (Å²) >= 11 is 0. The van der Waals surface area contributed by atoms with Gasteiger partial charge in [-0.25, -0.2) is 14.8 Å². The number of esters is 1. The van der Waals surface area contributed by atoms with Crippen molar-refractivity contribution in [3.63, 3.8) is 0 Å². The molecule has 0 aliphatic heterocycles. The maximum Gasteiger partial charge on any atom is 0.573 e. The summed E-state index contributed by atoms with van der Waals surface area (Å²) in [6.45, 7) is 0. The van der Waals surface area contributed by atoms with Crippen LogP contribution in [0.25, 0.3) is 11.3 Å². The number of ether oxygens (including phenoxy) is 2. The first-order chi connectivity index (χ1) is 13.3. The van der Waals surface area contributed by atoms with E-state index < -0.39 is 12.3 Å². The summed E-state index contributed by atoms with van der Waals surface area (Å²) in [5.41, 5.74) is 2.17. The largest absolute Gasteiger partial charge is 0.573 e. The fourth-order valence-electron chi connectivity index (χ4n) is 2.34. The lowest BCUT2D eigenvalue weighted by molar-refractivity contribution is -0.274. The van der Waals surface area contributed by atoms with Gasteiger partial charge in [0.05, 0.1) is 18.4 Å². The molecule has 9 heteroatoms. The van der Waals surface area contributed by atoms with E-state index in [2.05, 4.69) is 24.8 Å². The molecule has 0 radical (unpaired) electrons. The summed E-state index contributed by atoms with van der Waals surface area (Å²) in [6, 6.07) is 13.5. The molecule has 28 heavy (non-hydrogen) atoms. The first-order valence-electron chi connectivity index (χ1n) is 7.99. The van der Waals surface area contributed by atoms with E-state index in [1.165, 1.54) is 37.6 Å². The molecule has 0 amide bonds. The number of hydrogen-bond acceptors (Lipinski definition) is 6. The van der Waals surface area contributed by atoms with Crippen molar-refractivity contribution < 1.29 is 27.4 Å². The molecule has 0 saturated heterocycles. The molecular weight excluding hydrogens is 375 g/mol. The van der Waals surface area contributed by atoms with Gasteiger partial charge in [0.15, 0.2) is 0 Å². The number of rotatable bonds is 5. The van der Waals surface area contributed by atoms with Crippen LogP contribution in [0.5, 0.6) is 5.75 Å². The molecule has 1 aromatic heterocycles. The van der Waals surface area contributed by atoms with Crippen molar-refractivity contribution >= 4 is 17.6 Å². The highest BCUT2D eigenvalue weighted by atomic mass is 19.4. The lowest BCUT2D eigenvalue weighted by Crippen LogP contribution is -2.16. The molecule has 0 aliphatic carbocycles. The topological polar surface area (TPSA) is 73.3 Å². The van der Waals surface area contributed by atoms with E-state index >= 15 is 0 Å². The Morgan fingerprint density at radius 1 is 1.00 bits per heavy atom. The van der Waals surface area contributed by atoms with Gasteiger partial charge in [-0.05, 0) is 54.6 Å². The van der Waals surface area contributed by atoms with Crippen LogP contribution in [0.2, 0.25) is 0 Å². The molecule has 0 aliphatic rings. The molecule has 0 saturated carbocycles. The number of anilines is 2. The minimum Gasteiger partial charge on any atom is -0.465 e. The molecule has 0 spiro atoms. The van der Waals surface area contributed by atoms with Gasteiger partial charge in [0.25, 0.3) is 0 Å². The van der Waals surface area contributed by atoms with Gasteiger partial charge < -0.3 is 14.8 Å². The smallest absolute Gasteiger partial charge is 0.465 e. The highest BCUT2D eigenvalue weighted by Crippen LogP contribution is 2.26. The van der Waals surface area contributed by atoms with E-state index in [4.69, 9.17) is 0 Å². The van der Waals surface area contributed by atoms with Gasteiger partial charge in [0.2, 0.25) is 5.95 Å². The van der Waals surface area contributed by atoms with E-state index in [1.54, 1.807) is 30.3 Å². The second-order valence-corrected chi connectivity index (χ2v) is 5.53. The number of alkyl halides is 3. The highest BCUT2D eigenvalue weighted by Gasteiger charge is 2.30. The molecule has 1 N–H and O–H groups in total. The van der Waals surface area contributed by atoms with E-state index in [-0.39, 0.29) is 5.75 Å². The van der Waals surface area contributed by atoms with Crippen molar-refractivity contribution in [2.24, 2.45) is 0 Å². The fraction of sp³-hybridized carbons (Fsp3) is 0.105. The number of aromatic nitrogens is 2. The summed E-state index contributed by atoms with van der Waals surface area (Å²) in [7, 11) is 1.30. The number of carbonyl (C=O) groups is 1. The Balaban J connectivity index is 1.74. The van der Waals surface area contributed by atoms with Gasteiger partial charge in [0.1, 0.15) is 5.75 Å². The molecule has 1 heterocycles. The van der Waals surface area contributed by atoms with Crippen molar-refractivity contribution in [1.29, 1.82) is 0 Å². The van der Waals surface area contributed by atoms with Gasteiger partial charge >= 0.3 is 12.3 Å². The normalized spacial score (nSPS) is 11.0. The molecule has 2 aromatic carbocycles. The van der Waals surface area contributed by atoms with Crippen LogP contribution in [0.4, 0.5) is 24.8 Å². The number of hydrogen-bond donors (Lipinski definition) is 1. The summed E-state index contributed by atoms with van der Waals surface area (Å²) < 4.78 is 45.2. The molecule has 144 valence electrons. The van der Waals surface area contributed by atoms with Crippen LogP contribution in [-0.2, 0) is 4.74 Å². The summed E-state index contributed by atoms with van der Waals surface area (Å²) in [5, 5.41) is 2.99. The lowest BCUT2D eigenvalue weighted by Gasteiger charge is -2.10. The number of benzene rings is 2. The number of nitrogens with one attached hydrogen (secondary N) is 1. The molecule has 0 atom stereocenters.